The minimum Gasteiger partial charge on any atom is -0.329 e. The van der Waals surface area contributed by atoms with Crippen molar-refractivity contribution in [1.29, 1.82) is 0 Å². The fraction of sp³-hybridized carbons (Fsp3) is 0.294. The van der Waals surface area contributed by atoms with E-state index in [1.807, 2.05) is 29.2 Å². The number of carbonyl (C=O) groups is 1. The second-order valence-electron chi connectivity index (χ2n) is 5.58. The summed E-state index contributed by atoms with van der Waals surface area (Å²) in [7, 11) is 2.10. The van der Waals surface area contributed by atoms with Crippen molar-refractivity contribution in [3.05, 3.63) is 64.4 Å². The van der Waals surface area contributed by atoms with Crippen LogP contribution in [-0.2, 0) is 0 Å². The van der Waals surface area contributed by atoms with Gasteiger partial charge in [0.05, 0.1) is 11.6 Å². The Morgan fingerprint density at radius 2 is 2.00 bits per heavy atom. The molecule has 114 valence electrons. The van der Waals surface area contributed by atoms with Gasteiger partial charge in [0.25, 0.3) is 5.91 Å². The molecule has 0 spiro atoms. The fourth-order valence-electron chi connectivity index (χ4n) is 2.82. The minimum absolute atomic E-state index is 0.0377. The van der Waals surface area contributed by atoms with E-state index in [0.29, 0.717) is 5.56 Å². The van der Waals surface area contributed by atoms with Gasteiger partial charge in [-0.25, -0.2) is 0 Å². The van der Waals surface area contributed by atoms with Crippen molar-refractivity contribution >= 4 is 21.8 Å². The van der Waals surface area contributed by atoms with Gasteiger partial charge < -0.3 is 9.80 Å². The average Bonchev–Trinajstić information content (AvgIpc) is 2.55. The van der Waals surface area contributed by atoms with Crippen molar-refractivity contribution in [3.8, 4) is 0 Å². The van der Waals surface area contributed by atoms with E-state index in [9.17, 15) is 4.79 Å². The van der Waals surface area contributed by atoms with E-state index in [1.165, 1.54) is 5.56 Å². The second kappa shape index (κ2) is 6.58. The molecule has 0 bridgehead atoms. The van der Waals surface area contributed by atoms with Crippen molar-refractivity contribution in [2.45, 2.75) is 6.04 Å². The molecule has 3 rings (SSSR count). The summed E-state index contributed by atoms with van der Waals surface area (Å²) in [5.74, 6) is 0.0377. The Balaban J connectivity index is 1.91. The van der Waals surface area contributed by atoms with Crippen LogP contribution in [0, 0.1) is 0 Å². The van der Waals surface area contributed by atoms with E-state index < -0.39 is 0 Å². The van der Waals surface area contributed by atoms with Crippen molar-refractivity contribution in [3.63, 3.8) is 0 Å². The minimum atomic E-state index is 0.0377. The third-order valence-electron chi connectivity index (χ3n) is 3.98. The number of piperazine rings is 1. The van der Waals surface area contributed by atoms with Crippen molar-refractivity contribution in [2.75, 3.05) is 26.7 Å². The van der Waals surface area contributed by atoms with Crippen LogP contribution in [0.2, 0.25) is 0 Å². The summed E-state index contributed by atoms with van der Waals surface area (Å²) in [6, 6.07) is 12.1. The number of aromatic nitrogens is 1. The topological polar surface area (TPSA) is 36.4 Å². The zero-order valence-electron chi connectivity index (χ0n) is 12.4. The van der Waals surface area contributed by atoms with Crippen LogP contribution in [0.3, 0.4) is 0 Å². The Morgan fingerprint density at radius 1 is 1.23 bits per heavy atom. The lowest BCUT2D eigenvalue weighted by atomic mass is 10.0. The number of nitrogens with zero attached hydrogens (tertiary/aromatic N) is 3. The fourth-order valence-corrected chi connectivity index (χ4v) is 3.18. The number of halogens is 1. The number of rotatable bonds is 2. The van der Waals surface area contributed by atoms with Crippen molar-refractivity contribution in [1.82, 2.24) is 14.8 Å². The Morgan fingerprint density at radius 3 is 2.73 bits per heavy atom. The molecule has 5 heteroatoms. The molecule has 1 aliphatic rings. The van der Waals surface area contributed by atoms with Gasteiger partial charge in [-0.1, -0.05) is 30.3 Å². The Hall–Kier alpha value is -1.72. The van der Waals surface area contributed by atoms with E-state index in [-0.39, 0.29) is 11.9 Å². The van der Waals surface area contributed by atoms with Gasteiger partial charge in [-0.15, -0.1) is 0 Å². The predicted octanol–water partition coefficient (Wildman–Crippen LogP) is 2.97. The molecule has 1 amide bonds. The lowest BCUT2D eigenvalue weighted by molar-refractivity contribution is 0.0497. The summed E-state index contributed by atoms with van der Waals surface area (Å²) in [5.41, 5.74) is 1.80. The molecule has 2 heterocycles. The monoisotopic (exact) mass is 359 g/mol. The SMILES string of the molecule is CN1CCN(C(=O)c2cncc(Br)c2)[C@@H](c2ccccc2)C1. The smallest absolute Gasteiger partial charge is 0.256 e. The molecule has 22 heavy (non-hydrogen) atoms. The Kier molecular flexibility index (Phi) is 4.55. The van der Waals surface area contributed by atoms with E-state index in [4.69, 9.17) is 0 Å². The first-order valence-electron chi connectivity index (χ1n) is 7.30. The standard InChI is InChI=1S/C17H18BrN3O/c1-20-7-8-21(16(12-20)13-5-3-2-4-6-13)17(22)14-9-15(18)11-19-10-14/h2-6,9-11,16H,7-8,12H2,1H3/t16-/m1/s1. The molecule has 1 atom stereocenters. The molecule has 1 aromatic carbocycles. The molecule has 1 fully saturated rings. The quantitative estimate of drug-likeness (QED) is 0.826. The zero-order chi connectivity index (χ0) is 15.5. The molecule has 1 saturated heterocycles. The normalized spacial score (nSPS) is 19.2. The van der Waals surface area contributed by atoms with Gasteiger partial charge in [0.1, 0.15) is 0 Å². The molecular weight excluding hydrogens is 342 g/mol. The summed E-state index contributed by atoms with van der Waals surface area (Å²) in [5, 5.41) is 0. The van der Waals surface area contributed by atoms with Gasteiger partial charge >= 0.3 is 0 Å². The number of carbonyl (C=O) groups excluding carboxylic acids is 1. The van der Waals surface area contributed by atoms with Crippen LogP contribution in [-0.4, -0.2) is 47.4 Å². The molecular formula is C17H18BrN3O. The maximum absolute atomic E-state index is 12.9. The number of likely N-dealkylation sites (N-methyl/N-ethyl adjacent to an activating group) is 1. The van der Waals surface area contributed by atoms with Crippen LogP contribution in [0.5, 0.6) is 0 Å². The lowest BCUT2D eigenvalue weighted by Crippen LogP contribution is -2.49. The van der Waals surface area contributed by atoms with Gasteiger partial charge in [-0.3, -0.25) is 9.78 Å². The number of benzene rings is 1. The molecule has 0 unspecified atom stereocenters. The van der Waals surface area contributed by atoms with E-state index in [1.54, 1.807) is 12.4 Å². The highest BCUT2D eigenvalue weighted by atomic mass is 79.9. The zero-order valence-corrected chi connectivity index (χ0v) is 14.0. The molecule has 0 N–H and O–H groups in total. The number of pyridine rings is 1. The van der Waals surface area contributed by atoms with Gasteiger partial charge in [0.15, 0.2) is 0 Å². The van der Waals surface area contributed by atoms with Crippen LogP contribution < -0.4 is 0 Å². The molecule has 4 nitrogen and oxygen atoms in total. The van der Waals surface area contributed by atoms with Gasteiger partial charge in [-0.2, -0.15) is 0 Å². The van der Waals surface area contributed by atoms with Gasteiger partial charge in [-0.05, 0) is 34.6 Å². The molecule has 0 radical (unpaired) electrons. The summed E-state index contributed by atoms with van der Waals surface area (Å²) in [6.07, 6.45) is 3.32. The Labute approximate surface area is 138 Å². The van der Waals surface area contributed by atoms with Crippen LogP contribution >= 0.6 is 15.9 Å². The van der Waals surface area contributed by atoms with E-state index in [0.717, 1.165) is 24.1 Å². The molecule has 1 aliphatic heterocycles. The predicted molar refractivity (Wildman–Crippen MR) is 89.7 cm³/mol. The van der Waals surface area contributed by atoms with E-state index >= 15 is 0 Å². The van der Waals surface area contributed by atoms with Crippen LogP contribution in [0.4, 0.5) is 0 Å². The van der Waals surface area contributed by atoms with Crippen LogP contribution in [0.1, 0.15) is 22.0 Å². The first-order valence-corrected chi connectivity index (χ1v) is 8.09. The molecule has 1 aromatic heterocycles. The van der Waals surface area contributed by atoms with Crippen LogP contribution in [0.15, 0.2) is 53.3 Å². The summed E-state index contributed by atoms with van der Waals surface area (Å²) in [4.78, 5) is 21.2. The maximum atomic E-state index is 12.9. The first-order chi connectivity index (χ1) is 10.6. The number of hydrogen-bond acceptors (Lipinski definition) is 3. The Bertz CT molecular complexity index is 662. The van der Waals surface area contributed by atoms with E-state index in [2.05, 4.69) is 45.0 Å². The summed E-state index contributed by atoms with van der Waals surface area (Å²) >= 11 is 3.38. The summed E-state index contributed by atoms with van der Waals surface area (Å²) < 4.78 is 0.823. The molecule has 0 aliphatic carbocycles. The van der Waals surface area contributed by atoms with Crippen molar-refractivity contribution < 1.29 is 4.79 Å². The van der Waals surface area contributed by atoms with Crippen LogP contribution in [0.25, 0.3) is 0 Å². The average molecular weight is 360 g/mol. The number of amides is 1. The third kappa shape index (κ3) is 3.20. The highest BCUT2D eigenvalue weighted by Crippen LogP contribution is 2.26. The molecule has 0 saturated carbocycles. The number of hydrogen-bond donors (Lipinski definition) is 0. The first kappa shape index (κ1) is 15.2. The highest BCUT2D eigenvalue weighted by Gasteiger charge is 2.30. The lowest BCUT2D eigenvalue weighted by Gasteiger charge is -2.40. The maximum Gasteiger partial charge on any atom is 0.256 e. The highest BCUT2D eigenvalue weighted by molar-refractivity contribution is 9.10. The third-order valence-corrected chi connectivity index (χ3v) is 4.41. The molecule has 2 aromatic rings. The second-order valence-corrected chi connectivity index (χ2v) is 6.49. The van der Waals surface area contributed by atoms with Gasteiger partial charge in [0, 0.05) is 36.5 Å². The summed E-state index contributed by atoms with van der Waals surface area (Å²) in [6.45, 7) is 2.45. The van der Waals surface area contributed by atoms with Crippen molar-refractivity contribution in [2.24, 2.45) is 0 Å². The van der Waals surface area contributed by atoms with Gasteiger partial charge in [0.2, 0.25) is 0 Å². The largest absolute Gasteiger partial charge is 0.329 e.